The third-order valence-electron chi connectivity index (χ3n) is 4.82. The van der Waals surface area contributed by atoms with Crippen LogP contribution in [0.3, 0.4) is 0 Å². The second kappa shape index (κ2) is 9.68. The van der Waals surface area contributed by atoms with Crippen molar-refractivity contribution in [1.82, 2.24) is 20.4 Å². The summed E-state index contributed by atoms with van der Waals surface area (Å²) < 4.78 is 5.26. The van der Waals surface area contributed by atoms with Crippen molar-refractivity contribution >= 4 is 23.4 Å². The first-order valence-electron chi connectivity index (χ1n) is 9.71. The van der Waals surface area contributed by atoms with E-state index in [4.69, 9.17) is 16.1 Å². The Morgan fingerprint density at radius 1 is 1.32 bits per heavy atom. The van der Waals surface area contributed by atoms with E-state index in [9.17, 15) is 9.59 Å². The fourth-order valence-corrected chi connectivity index (χ4v) is 3.38. The number of amides is 2. The number of hydrogen-bond donors (Lipinski definition) is 1. The van der Waals surface area contributed by atoms with E-state index in [-0.39, 0.29) is 24.2 Å². The molecule has 2 aromatic rings. The molecule has 1 aliphatic heterocycles. The zero-order valence-corrected chi connectivity index (χ0v) is 16.7. The van der Waals surface area contributed by atoms with Crippen molar-refractivity contribution < 1.29 is 14.1 Å². The normalized spacial score (nSPS) is 16.8. The lowest BCUT2D eigenvalue weighted by Crippen LogP contribution is -2.45. The van der Waals surface area contributed by atoms with Gasteiger partial charge in [-0.2, -0.15) is 4.98 Å². The molecule has 2 amide bonds. The summed E-state index contributed by atoms with van der Waals surface area (Å²) in [5.41, 5.74) is 0.808. The van der Waals surface area contributed by atoms with E-state index >= 15 is 0 Å². The molecule has 7 nitrogen and oxygen atoms in total. The maximum absolute atomic E-state index is 12.6. The highest BCUT2D eigenvalue weighted by molar-refractivity contribution is 6.30. The monoisotopic (exact) mass is 404 g/mol. The Labute approximate surface area is 169 Å². The Hall–Kier alpha value is -2.41. The van der Waals surface area contributed by atoms with Crippen molar-refractivity contribution in [3.05, 3.63) is 35.2 Å². The molecule has 0 saturated carbocycles. The van der Waals surface area contributed by atoms with Gasteiger partial charge in [-0.25, -0.2) is 0 Å². The topological polar surface area (TPSA) is 88.3 Å². The minimum atomic E-state index is -0.121. The number of carbonyl (C=O) groups is 2. The molecular weight excluding hydrogens is 380 g/mol. The summed E-state index contributed by atoms with van der Waals surface area (Å²) in [6.07, 6.45) is 3.24. The molecule has 1 aromatic carbocycles. The second-order valence-corrected chi connectivity index (χ2v) is 7.42. The number of halogens is 1. The van der Waals surface area contributed by atoms with Crippen molar-refractivity contribution in [1.29, 1.82) is 0 Å². The van der Waals surface area contributed by atoms with Crippen LogP contribution in [0.4, 0.5) is 0 Å². The molecule has 1 N–H and O–H groups in total. The summed E-state index contributed by atoms with van der Waals surface area (Å²) in [4.78, 5) is 30.9. The SMILES string of the molecule is CCCNC(=O)C1CCCN(C(=O)CCc2nc(-c3ccc(Cl)cc3)no2)C1. The Morgan fingerprint density at radius 3 is 2.86 bits per heavy atom. The zero-order valence-electron chi connectivity index (χ0n) is 16.0. The van der Waals surface area contributed by atoms with Gasteiger partial charge in [0.25, 0.3) is 0 Å². The first kappa shape index (κ1) is 20.3. The summed E-state index contributed by atoms with van der Waals surface area (Å²) in [5.74, 6) is 0.838. The fourth-order valence-electron chi connectivity index (χ4n) is 3.25. The smallest absolute Gasteiger partial charge is 0.227 e. The molecule has 1 aromatic heterocycles. The molecule has 0 radical (unpaired) electrons. The van der Waals surface area contributed by atoms with E-state index in [1.165, 1.54) is 0 Å². The Morgan fingerprint density at radius 2 is 2.11 bits per heavy atom. The number of aryl methyl sites for hydroxylation is 1. The van der Waals surface area contributed by atoms with Crippen LogP contribution in [0.2, 0.25) is 5.02 Å². The maximum atomic E-state index is 12.6. The standard InChI is InChI=1S/C20H25ClN4O3/c1-2-11-22-20(27)15-4-3-12-25(13-15)18(26)10-9-17-23-19(24-28-17)14-5-7-16(21)8-6-14/h5-8,15H,2-4,9-13H2,1H3,(H,22,27). The average Bonchev–Trinajstić information content (AvgIpc) is 3.20. The van der Waals surface area contributed by atoms with Crippen molar-refractivity contribution in [3.63, 3.8) is 0 Å². The van der Waals surface area contributed by atoms with Gasteiger partial charge in [0.15, 0.2) is 0 Å². The Balaban J connectivity index is 1.51. The molecule has 1 saturated heterocycles. The molecule has 28 heavy (non-hydrogen) atoms. The minimum absolute atomic E-state index is 0.0132. The summed E-state index contributed by atoms with van der Waals surface area (Å²) in [7, 11) is 0. The van der Waals surface area contributed by atoms with Crippen LogP contribution in [0.1, 0.15) is 38.5 Å². The highest BCUT2D eigenvalue weighted by Gasteiger charge is 2.28. The lowest BCUT2D eigenvalue weighted by atomic mass is 9.96. The third kappa shape index (κ3) is 5.32. The first-order chi connectivity index (χ1) is 13.6. The number of aromatic nitrogens is 2. The zero-order chi connectivity index (χ0) is 19.9. The molecular formula is C20H25ClN4O3. The van der Waals surface area contributed by atoms with Gasteiger partial charge >= 0.3 is 0 Å². The predicted molar refractivity (Wildman–Crippen MR) is 106 cm³/mol. The Bertz CT molecular complexity index is 806. The second-order valence-electron chi connectivity index (χ2n) is 6.99. The van der Waals surface area contributed by atoms with Crippen molar-refractivity contribution in [2.45, 2.75) is 39.0 Å². The number of piperidine rings is 1. The summed E-state index contributed by atoms with van der Waals surface area (Å²) in [5, 5.41) is 7.53. The molecule has 1 unspecified atom stereocenters. The average molecular weight is 405 g/mol. The van der Waals surface area contributed by atoms with E-state index in [0.29, 0.717) is 42.8 Å². The fraction of sp³-hybridized carbons (Fsp3) is 0.500. The van der Waals surface area contributed by atoms with Gasteiger partial charge in [-0.05, 0) is 43.5 Å². The summed E-state index contributed by atoms with van der Waals surface area (Å²) in [6, 6.07) is 7.17. The highest BCUT2D eigenvalue weighted by atomic mass is 35.5. The number of nitrogens with one attached hydrogen (secondary N) is 1. The van der Waals surface area contributed by atoms with Crippen LogP contribution in [0.25, 0.3) is 11.4 Å². The van der Waals surface area contributed by atoms with Gasteiger partial charge in [0, 0.05) is 43.1 Å². The Kier molecular flexibility index (Phi) is 7.03. The van der Waals surface area contributed by atoms with E-state index in [2.05, 4.69) is 15.5 Å². The van der Waals surface area contributed by atoms with E-state index in [1.807, 2.05) is 19.1 Å². The van der Waals surface area contributed by atoms with Crippen LogP contribution in [0, 0.1) is 5.92 Å². The molecule has 8 heteroatoms. The maximum Gasteiger partial charge on any atom is 0.227 e. The molecule has 1 fully saturated rings. The molecule has 0 bridgehead atoms. The number of benzene rings is 1. The molecule has 150 valence electrons. The van der Waals surface area contributed by atoms with Gasteiger partial charge < -0.3 is 14.7 Å². The van der Waals surface area contributed by atoms with E-state index in [1.54, 1.807) is 17.0 Å². The van der Waals surface area contributed by atoms with Crippen LogP contribution >= 0.6 is 11.6 Å². The number of hydrogen-bond acceptors (Lipinski definition) is 5. The summed E-state index contributed by atoms with van der Waals surface area (Å²) in [6.45, 7) is 3.87. The van der Waals surface area contributed by atoms with Crippen molar-refractivity contribution in [2.75, 3.05) is 19.6 Å². The van der Waals surface area contributed by atoms with Gasteiger partial charge in [0.05, 0.1) is 5.92 Å². The molecule has 1 aliphatic rings. The molecule has 0 aliphatic carbocycles. The highest BCUT2D eigenvalue weighted by Crippen LogP contribution is 2.20. The number of nitrogens with zero attached hydrogens (tertiary/aromatic N) is 3. The van der Waals surface area contributed by atoms with Gasteiger partial charge in [0.1, 0.15) is 0 Å². The van der Waals surface area contributed by atoms with Crippen LogP contribution in [0.5, 0.6) is 0 Å². The molecule has 2 heterocycles. The third-order valence-corrected chi connectivity index (χ3v) is 5.07. The molecule has 0 spiro atoms. The van der Waals surface area contributed by atoms with Crippen molar-refractivity contribution in [3.8, 4) is 11.4 Å². The molecule has 1 atom stereocenters. The van der Waals surface area contributed by atoms with Gasteiger partial charge in [-0.15, -0.1) is 0 Å². The summed E-state index contributed by atoms with van der Waals surface area (Å²) >= 11 is 5.89. The van der Waals surface area contributed by atoms with Gasteiger partial charge in [-0.1, -0.05) is 23.7 Å². The van der Waals surface area contributed by atoms with Gasteiger partial charge in [0.2, 0.25) is 23.5 Å². The van der Waals surface area contributed by atoms with E-state index in [0.717, 1.165) is 24.8 Å². The van der Waals surface area contributed by atoms with Crippen molar-refractivity contribution in [2.24, 2.45) is 5.92 Å². The van der Waals surface area contributed by atoms with Crippen LogP contribution < -0.4 is 5.32 Å². The molecule has 3 rings (SSSR count). The van der Waals surface area contributed by atoms with Crippen LogP contribution in [0.15, 0.2) is 28.8 Å². The van der Waals surface area contributed by atoms with Crippen LogP contribution in [-0.4, -0.2) is 46.5 Å². The number of rotatable bonds is 7. The predicted octanol–water partition coefficient (Wildman–Crippen LogP) is 3.09. The number of carbonyl (C=O) groups excluding carboxylic acids is 2. The van der Waals surface area contributed by atoms with Gasteiger partial charge in [-0.3, -0.25) is 9.59 Å². The van der Waals surface area contributed by atoms with E-state index < -0.39 is 0 Å². The quantitative estimate of drug-likeness (QED) is 0.766. The lowest BCUT2D eigenvalue weighted by molar-refractivity contribution is -0.135. The first-order valence-corrected chi connectivity index (χ1v) is 10.1. The largest absolute Gasteiger partial charge is 0.356 e. The van der Waals surface area contributed by atoms with Crippen LogP contribution in [-0.2, 0) is 16.0 Å². The lowest BCUT2D eigenvalue weighted by Gasteiger charge is -2.32. The minimum Gasteiger partial charge on any atom is -0.356 e. The number of likely N-dealkylation sites (tertiary alicyclic amines) is 1.